The van der Waals surface area contributed by atoms with Crippen molar-refractivity contribution in [2.45, 2.75) is 65.5 Å². The maximum Gasteiger partial charge on any atom is 0.214 e. The molecule has 5 heteroatoms. The van der Waals surface area contributed by atoms with Crippen molar-refractivity contribution in [3.63, 3.8) is 0 Å². The Kier molecular flexibility index (Phi) is 9.23. The molecule has 0 saturated heterocycles. The van der Waals surface area contributed by atoms with Gasteiger partial charge in [0.05, 0.1) is 16.8 Å². The first kappa shape index (κ1) is 28.7. The van der Waals surface area contributed by atoms with Crippen molar-refractivity contribution in [1.82, 2.24) is 5.32 Å². The lowest BCUT2D eigenvalue weighted by atomic mass is 9.89. The number of hydrogen-bond acceptors (Lipinski definition) is 3. The van der Waals surface area contributed by atoms with E-state index >= 15 is 0 Å². The molecule has 0 bridgehead atoms. The number of ether oxygens (including phenoxy) is 1. The zero-order valence-corrected chi connectivity index (χ0v) is 25.5. The Bertz CT molecular complexity index is 1510. The van der Waals surface area contributed by atoms with E-state index < -0.39 is 0 Å². The van der Waals surface area contributed by atoms with E-state index in [4.69, 9.17) is 4.74 Å². The maximum atomic E-state index is 6.14. The first-order valence-electron chi connectivity index (χ1n) is 15.2. The summed E-state index contributed by atoms with van der Waals surface area (Å²) in [5.41, 5.74) is 10.3. The van der Waals surface area contributed by atoms with Crippen LogP contribution in [0.4, 0.5) is 5.69 Å². The molecule has 1 unspecified atom stereocenters. The monoisotopic (exact) mass is 550 g/mol. The van der Waals surface area contributed by atoms with E-state index in [1.165, 1.54) is 69.7 Å². The molecule has 2 aliphatic rings. The van der Waals surface area contributed by atoms with E-state index in [2.05, 4.69) is 121 Å². The minimum Gasteiger partial charge on any atom is -0.489 e. The molecule has 5 nitrogen and oxygen atoms in total. The van der Waals surface area contributed by atoms with Crippen molar-refractivity contribution in [3.05, 3.63) is 101 Å². The molecule has 2 aromatic carbocycles. The average Bonchev–Trinajstić information content (AvgIpc) is 2.98. The van der Waals surface area contributed by atoms with E-state index in [1.807, 2.05) is 6.07 Å². The number of likely N-dealkylation sites (N-methyl/N-ethyl adjacent to an activating group) is 1. The summed E-state index contributed by atoms with van der Waals surface area (Å²) >= 11 is 0. The van der Waals surface area contributed by atoms with Crippen LogP contribution in [0.2, 0.25) is 0 Å². The largest absolute Gasteiger partial charge is 0.489 e. The quantitative estimate of drug-likeness (QED) is 0.193. The van der Waals surface area contributed by atoms with Gasteiger partial charge in [-0.05, 0) is 43.5 Å². The number of anilines is 1. The molecule has 0 saturated carbocycles. The van der Waals surface area contributed by atoms with Gasteiger partial charge in [-0.15, -0.1) is 0 Å². The molecule has 0 amide bonds. The fraction of sp³-hybridized carbons (Fsp3) is 0.389. The summed E-state index contributed by atoms with van der Waals surface area (Å²) in [4.78, 5) is 0. The molecule has 0 spiro atoms. The van der Waals surface area contributed by atoms with Gasteiger partial charge in [0.15, 0.2) is 17.4 Å². The number of pyridine rings is 1. The van der Waals surface area contributed by atoms with Crippen LogP contribution in [-0.4, -0.2) is 36.5 Å². The number of nitrogens with zero attached hydrogens (tertiary/aromatic N) is 2. The van der Waals surface area contributed by atoms with Gasteiger partial charge in [0.25, 0.3) is 0 Å². The van der Waals surface area contributed by atoms with Crippen LogP contribution in [0.1, 0.15) is 57.2 Å². The van der Waals surface area contributed by atoms with Gasteiger partial charge in [-0.25, -0.2) is 4.58 Å². The van der Waals surface area contributed by atoms with Crippen LogP contribution in [-0.2, 0) is 13.7 Å². The predicted octanol–water partition coefficient (Wildman–Crippen LogP) is 6.76. The third-order valence-electron chi connectivity index (χ3n) is 8.58. The Labute approximate surface area is 246 Å². The molecule has 1 aliphatic heterocycles. The summed E-state index contributed by atoms with van der Waals surface area (Å²) in [6.45, 7) is 9.15. The molecule has 1 aliphatic carbocycles. The van der Waals surface area contributed by atoms with Gasteiger partial charge in [0.2, 0.25) is 5.52 Å². The van der Waals surface area contributed by atoms with Crippen molar-refractivity contribution in [2.24, 2.45) is 7.05 Å². The first-order chi connectivity index (χ1) is 19.9. The van der Waals surface area contributed by atoms with Crippen LogP contribution < -0.4 is 19.9 Å². The predicted molar refractivity (Wildman–Crippen MR) is 171 cm³/mol. The molecule has 2 N–H and O–H groups in total. The Morgan fingerprint density at radius 1 is 0.854 bits per heavy atom. The summed E-state index contributed by atoms with van der Waals surface area (Å²) in [6, 6.07) is 19.5. The fourth-order valence-corrected chi connectivity index (χ4v) is 5.87. The number of hydrogen-bond donors (Lipinski definition) is 2. The highest BCUT2D eigenvalue weighted by molar-refractivity contribution is 5.91. The highest BCUT2D eigenvalue weighted by Crippen LogP contribution is 2.29. The molecule has 5 rings (SSSR count). The smallest absolute Gasteiger partial charge is 0.214 e. The Hall–Kier alpha value is -3.86. The summed E-state index contributed by atoms with van der Waals surface area (Å²) < 4.78 is 10.8. The van der Waals surface area contributed by atoms with E-state index in [9.17, 15) is 0 Å². The zero-order chi connectivity index (χ0) is 28.8. The van der Waals surface area contributed by atoms with Crippen LogP contribution in [0, 0.1) is 6.92 Å². The van der Waals surface area contributed by atoms with Crippen molar-refractivity contribution < 1.29 is 13.9 Å². The average molecular weight is 551 g/mol. The van der Waals surface area contributed by atoms with Crippen LogP contribution in [0.25, 0.3) is 10.9 Å². The van der Waals surface area contributed by atoms with Gasteiger partial charge in [0, 0.05) is 57.1 Å². The van der Waals surface area contributed by atoms with Gasteiger partial charge < -0.3 is 15.4 Å². The summed E-state index contributed by atoms with van der Waals surface area (Å²) in [6.07, 6.45) is 12.9. The van der Waals surface area contributed by atoms with Gasteiger partial charge in [-0.2, -0.15) is 4.57 Å². The lowest BCUT2D eigenvalue weighted by Gasteiger charge is -2.27. The Balaban J connectivity index is 1.10. The second kappa shape index (κ2) is 13.2. The molecular formula is C36H46N4O+2. The second-order valence-corrected chi connectivity index (χ2v) is 11.6. The van der Waals surface area contributed by atoms with Gasteiger partial charge >= 0.3 is 0 Å². The Morgan fingerprint density at radius 2 is 1.61 bits per heavy atom. The van der Waals surface area contributed by atoms with Gasteiger partial charge in [-0.1, -0.05) is 54.8 Å². The molecule has 2 heterocycles. The lowest BCUT2D eigenvalue weighted by molar-refractivity contribution is -0.651. The minimum atomic E-state index is 0.462. The van der Waals surface area contributed by atoms with Crippen molar-refractivity contribution in [2.75, 3.05) is 25.5 Å². The molecule has 3 aromatic rings. The lowest BCUT2D eigenvalue weighted by Crippen LogP contribution is -2.37. The topological polar surface area (TPSA) is 40.2 Å². The molecule has 41 heavy (non-hydrogen) atoms. The molecule has 214 valence electrons. The van der Waals surface area contributed by atoms with Gasteiger partial charge in [-0.3, -0.25) is 0 Å². The number of aromatic nitrogens is 1. The van der Waals surface area contributed by atoms with Crippen molar-refractivity contribution in [3.8, 4) is 5.75 Å². The molecule has 0 radical (unpaired) electrons. The number of allylic oxidation sites excluding steroid dienone is 3. The van der Waals surface area contributed by atoms with E-state index in [0.717, 1.165) is 31.7 Å². The van der Waals surface area contributed by atoms with Crippen LogP contribution >= 0.6 is 0 Å². The van der Waals surface area contributed by atoms with E-state index in [-0.39, 0.29) is 0 Å². The molecular weight excluding hydrogens is 504 g/mol. The summed E-state index contributed by atoms with van der Waals surface area (Å²) in [7, 11) is 4.34. The van der Waals surface area contributed by atoms with Crippen molar-refractivity contribution in [1.29, 1.82) is 0 Å². The standard InChI is InChI=1S/C36H44N4O/c1-26-15-17-35-31(21-26)33(22-27(2)39(35)4)37-19-11-6-7-12-20-38-34-23-28(3)40(5)36-18-16-30(24-32(34)36)41-25-29-13-9-8-10-14-29/h8-10,13-16,18,21-24,35H,6-7,11-12,17,19-20,25H2,1-5H3/p+2. The third kappa shape index (κ3) is 6.90. The fourth-order valence-electron chi connectivity index (χ4n) is 5.87. The van der Waals surface area contributed by atoms with Gasteiger partial charge in [0.1, 0.15) is 26.5 Å². The van der Waals surface area contributed by atoms with Crippen LogP contribution in [0.15, 0.2) is 89.7 Å². The zero-order valence-electron chi connectivity index (χ0n) is 25.5. The molecule has 1 aromatic heterocycles. The van der Waals surface area contributed by atoms with Crippen molar-refractivity contribution >= 4 is 22.3 Å². The Morgan fingerprint density at radius 3 is 2.39 bits per heavy atom. The normalized spacial score (nSPS) is 16.6. The first-order valence-corrected chi connectivity index (χ1v) is 15.2. The number of benzene rings is 2. The number of aryl methyl sites for hydroxylation is 2. The maximum absolute atomic E-state index is 6.14. The number of rotatable bonds is 12. The summed E-state index contributed by atoms with van der Waals surface area (Å²) in [5.74, 6) is 0.898. The SMILES string of the molecule is CC1=CCC2C(=C1)C(NCCCCCCNc1cc(C)[n+](C)c3ccc(OCc4ccccc4)cc13)=CC(C)=[N+]2C. The third-order valence-corrected chi connectivity index (χ3v) is 8.58. The molecule has 1 atom stereocenters. The van der Waals surface area contributed by atoms with Crippen LogP contribution in [0.3, 0.4) is 0 Å². The highest BCUT2D eigenvalue weighted by Gasteiger charge is 2.31. The number of unbranched alkanes of at least 4 members (excludes halogenated alkanes) is 3. The number of nitrogens with one attached hydrogen (secondary N) is 2. The van der Waals surface area contributed by atoms with E-state index in [1.54, 1.807) is 0 Å². The number of fused-ring (bicyclic) bond motifs is 2. The highest BCUT2D eigenvalue weighted by atomic mass is 16.5. The minimum absolute atomic E-state index is 0.462. The molecule has 0 fully saturated rings. The summed E-state index contributed by atoms with van der Waals surface area (Å²) in [5, 5.41) is 8.69. The van der Waals surface area contributed by atoms with Crippen LogP contribution in [0.5, 0.6) is 5.75 Å². The van der Waals surface area contributed by atoms with E-state index in [0.29, 0.717) is 12.6 Å². The second-order valence-electron chi connectivity index (χ2n) is 11.6.